The summed E-state index contributed by atoms with van der Waals surface area (Å²) in [5.74, 6) is -0.244. The molecule has 0 aromatic heterocycles. The Hall–Kier alpha value is -0.940. The molecular weight excluding hydrogens is 148 g/mol. The van der Waals surface area contributed by atoms with E-state index in [0.717, 1.165) is 5.71 Å². The average molecular weight is 158 g/mol. The number of carbonyl (C=O) groups is 1. The number of nitrogens with zero attached hydrogens (tertiary/aromatic N) is 1. The van der Waals surface area contributed by atoms with E-state index in [1.807, 2.05) is 0 Å². The fourth-order valence-corrected chi connectivity index (χ4v) is 0.563. The summed E-state index contributed by atoms with van der Waals surface area (Å²) in [6.45, 7) is 1.08. The van der Waals surface area contributed by atoms with Gasteiger partial charge >= 0.3 is 0 Å². The lowest BCUT2D eigenvalue weighted by atomic mass is 10.3. The number of nitrogens with one attached hydrogen (secondary N) is 1. The highest BCUT2D eigenvalue weighted by molar-refractivity contribution is 5.91. The molecule has 11 heavy (non-hydrogen) atoms. The van der Waals surface area contributed by atoms with Gasteiger partial charge in [-0.25, -0.2) is 5.43 Å². The summed E-state index contributed by atoms with van der Waals surface area (Å²) in [6.07, 6.45) is 0. The molecule has 5 nitrogen and oxygen atoms in total. The number of rotatable bonds is 3. The maximum atomic E-state index is 10.7. The van der Waals surface area contributed by atoms with Gasteiger partial charge < -0.3 is 9.47 Å². The molecule has 0 aliphatic carbocycles. The van der Waals surface area contributed by atoms with Crippen LogP contribution in [0.1, 0.15) is 0 Å². The number of ether oxygens (including phenoxy) is 2. The second kappa shape index (κ2) is 4.05. The SMILES string of the molecule is COCC(=O)NN=C1COC1. The van der Waals surface area contributed by atoms with Gasteiger partial charge in [0, 0.05) is 7.11 Å². The van der Waals surface area contributed by atoms with Crippen LogP contribution in [0.15, 0.2) is 5.10 Å². The Balaban J connectivity index is 2.14. The minimum absolute atomic E-state index is 0.0393. The van der Waals surface area contributed by atoms with E-state index in [2.05, 4.69) is 15.3 Å². The van der Waals surface area contributed by atoms with Crippen LogP contribution >= 0.6 is 0 Å². The fourth-order valence-electron chi connectivity index (χ4n) is 0.563. The Bertz CT molecular complexity index is 173. The topological polar surface area (TPSA) is 59.9 Å². The molecule has 1 heterocycles. The van der Waals surface area contributed by atoms with Gasteiger partial charge in [0.2, 0.25) is 0 Å². The van der Waals surface area contributed by atoms with Gasteiger partial charge in [0.25, 0.3) is 5.91 Å². The van der Waals surface area contributed by atoms with Crippen molar-refractivity contribution in [1.82, 2.24) is 5.43 Å². The van der Waals surface area contributed by atoms with E-state index in [0.29, 0.717) is 13.2 Å². The molecule has 0 radical (unpaired) electrons. The average Bonchev–Trinajstić information content (AvgIpc) is 1.85. The summed E-state index contributed by atoms with van der Waals surface area (Å²) >= 11 is 0. The van der Waals surface area contributed by atoms with E-state index in [9.17, 15) is 4.79 Å². The molecule has 0 spiro atoms. The van der Waals surface area contributed by atoms with Crippen molar-refractivity contribution in [3.8, 4) is 0 Å². The molecule has 0 unspecified atom stereocenters. The minimum Gasteiger partial charge on any atom is -0.375 e. The molecule has 1 aliphatic heterocycles. The lowest BCUT2D eigenvalue weighted by Gasteiger charge is -2.14. The minimum atomic E-state index is -0.244. The predicted molar refractivity (Wildman–Crippen MR) is 38.3 cm³/mol. The third kappa shape index (κ3) is 2.65. The standard InChI is InChI=1S/C6H10N2O3/c1-10-4-6(9)8-7-5-2-11-3-5/h2-4H2,1H3,(H,8,9). The molecule has 1 rings (SSSR count). The van der Waals surface area contributed by atoms with Crippen molar-refractivity contribution < 1.29 is 14.3 Å². The highest BCUT2D eigenvalue weighted by atomic mass is 16.5. The molecule has 0 aromatic rings. The van der Waals surface area contributed by atoms with E-state index in [4.69, 9.17) is 4.74 Å². The van der Waals surface area contributed by atoms with Gasteiger partial charge in [-0.1, -0.05) is 0 Å². The highest BCUT2D eigenvalue weighted by Crippen LogP contribution is 1.93. The number of hydrogen-bond donors (Lipinski definition) is 1. The van der Waals surface area contributed by atoms with Crippen LogP contribution in [0.2, 0.25) is 0 Å². The van der Waals surface area contributed by atoms with Crippen molar-refractivity contribution in [3.63, 3.8) is 0 Å². The van der Waals surface area contributed by atoms with Crippen LogP contribution in [0, 0.1) is 0 Å². The van der Waals surface area contributed by atoms with Crippen LogP contribution in [0.3, 0.4) is 0 Å². The molecule has 1 N–H and O–H groups in total. The number of hydrazone groups is 1. The monoisotopic (exact) mass is 158 g/mol. The lowest BCUT2D eigenvalue weighted by molar-refractivity contribution is -0.124. The molecule has 62 valence electrons. The first-order chi connectivity index (χ1) is 5.33. The number of amides is 1. The van der Waals surface area contributed by atoms with Crippen molar-refractivity contribution in [2.24, 2.45) is 5.10 Å². The highest BCUT2D eigenvalue weighted by Gasteiger charge is 2.10. The number of methoxy groups -OCH3 is 1. The molecule has 1 aliphatic rings. The molecule has 0 saturated carbocycles. The Morgan fingerprint density at radius 2 is 2.55 bits per heavy atom. The van der Waals surface area contributed by atoms with E-state index < -0.39 is 0 Å². The number of hydrogen-bond acceptors (Lipinski definition) is 4. The largest absolute Gasteiger partial charge is 0.375 e. The third-order valence-electron chi connectivity index (χ3n) is 1.15. The van der Waals surface area contributed by atoms with E-state index >= 15 is 0 Å². The van der Waals surface area contributed by atoms with Crippen molar-refractivity contribution in [2.45, 2.75) is 0 Å². The summed E-state index contributed by atoms with van der Waals surface area (Å²) in [4.78, 5) is 10.7. The van der Waals surface area contributed by atoms with E-state index in [1.165, 1.54) is 7.11 Å². The molecule has 1 saturated heterocycles. The van der Waals surface area contributed by atoms with Gasteiger partial charge in [0.15, 0.2) is 0 Å². The normalized spacial score (nSPS) is 15.5. The Morgan fingerprint density at radius 1 is 1.82 bits per heavy atom. The van der Waals surface area contributed by atoms with Crippen molar-refractivity contribution in [1.29, 1.82) is 0 Å². The molecule has 1 amide bonds. The van der Waals surface area contributed by atoms with Gasteiger partial charge in [-0.3, -0.25) is 4.79 Å². The fraction of sp³-hybridized carbons (Fsp3) is 0.667. The van der Waals surface area contributed by atoms with Gasteiger partial charge in [-0.05, 0) is 0 Å². The molecular formula is C6H10N2O3. The molecule has 0 aromatic carbocycles. The van der Waals surface area contributed by atoms with Gasteiger partial charge in [-0.15, -0.1) is 0 Å². The predicted octanol–water partition coefficient (Wildman–Crippen LogP) is -0.865. The van der Waals surface area contributed by atoms with Crippen LogP contribution in [-0.2, 0) is 14.3 Å². The van der Waals surface area contributed by atoms with E-state index in [1.54, 1.807) is 0 Å². The quantitative estimate of drug-likeness (QED) is 0.543. The first-order valence-corrected chi connectivity index (χ1v) is 3.24. The first-order valence-electron chi connectivity index (χ1n) is 3.24. The van der Waals surface area contributed by atoms with Crippen LogP contribution in [0.4, 0.5) is 0 Å². The third-order valence-corrected chi connectivity index (χ3v) is 1.15. The zero-order valence-corrected chi connectivity index (χ0v) is 6.29. The molecule has 0 bridgehead atoms. The lowest BCUT2D eigenvalue weighted by Crippen LogP contribution is -2.32. The summed E-state index contributed by atoms with van der Waals surface area (Å²) in [7, 11) is 1.46. The van der Waals surface area contributed by atoms with Crippen LogP contribution in [0.5, 0.6) is 0 Å². The summed E-state index contributed by atoms with van der Waals surface area (Å²) in [5.41, 5.74) is 3.19. The van der Waals surface area contributed by atoms with Crippen LogP contribution < -0.4 is 5.43 Å². The maximum Gasteiger partial charge on any atom is 0.266 e. The maximum absolute atomic E-state index is 10.7. The van der Waals surface area contributed by atoms with Crippen molar-refractivity contribution in [3.05, 3.63) is 0 Å². The summed E-state index contributed by atoms with van der Waals surface area (Å²) in [6, 6.07) is 0. The Labute approximate surface area is 64.4 Å². The smallest absolute Gasteiger partial charge is 0.266 e. The zero-order valence-electron chi connectivity index (χ0n) is 6.29. The Morgan fingerprint density at radius 3 is 3.00 bits per heavy atom. The second-order valence-corrected chi connectivity index (χ2v) is 2.14. The van der Waals surface area contributed by atoms with Gasteiger partial charge in [0.05, 0.1) is 18.9 Å². The van der Waals surface area contributed by atoms with E-state index in [-0.39, 0.29) is 12.5 Å². The Kier molecular flexibility index (Phi) is 3.00. The summed E-state index contributed by atoms with van der Waals surface area (Å²) in [5, 5.41) is 3.76. The van der Waals surface area contributed by atoms with Crippen LogP contribution in [-0.4, -0.2) is 38.5 Å². The molecule has 1 fully saturated rings. The van der Waals surface area contributed by atoms with Crippen molar-refractivity contribution >= 4 is 11.6 Å². The number of carbonyl (C=O) groups excluding carboxylic acids is 1. The first kappa shape index (κ1) is 8.16. The molecule has 0 atom stereocenters. The van der Waals surface area contributed by atoms with Gasteiger partial charge in [0.1, 0.15) is 6.61 Å². The van der Waals surface area contributed by atoms with Crippen molar-refractivity contribution in [2.75, 3.05) is 26.9 Å². The second-order valence-electron chi connectivity index (χ2n) is 2.14. The zero-order chi connectivity index (χ0) is 8.10. The van der Waals surface area contributed by atoms with Gasteiger partial charge in [-0.2, -0.15) is 5.10 Å². The summed E-state index contributed by atoms with van der Waals surface area (Å²) < 4.78 is 9.39. The van der Waals surface area contributed by atoms with Crippen LogP contribution in [0.25, 0.3) is 0 Å². The molecule has 5 heteroatoms.